The van der Waals surface area contributed by atoms with Gasteiger partial charge in [0.2, 0.25) is 5.95 Å². The van der Waals surface area contributed by atoms with Crippen molar-refractivity contribution in [1.29, 1.82) is 0 Å². The molecular formula is C9H8ClFN4. The van der Waals surface area contributed by atoms with Gasteiger partial charge in [0, 0.05) is 12.6 Å². The lowest BCUT2D eigenvalue weighted by atomic mass is 10.2. The highest BCUT2D eigenvalue weighted by atomic mass is 35.5. The number of halogens is 2. The van der Waals surface area contributed by atoms with E-state index in [4.69, 9.17) is 17.3 Å². The number of nitrogen functional groups attached to an aromatic ring is 1. The number of aromatic nitrogens is 3. The Morgan fingerprint density at radius 3 is 2.80 bits per heavy atom. The van der Waals surface area contributed by atoms with Gasteiger partial charge in [-0.3, -0.25) is 0 Å². The quantitative estimate of drug-likeness (QED) is 0.808. The van der Waals surface area contributed by atoms with Gasteiger partial charge in [-0.1, -0.05) is 17.7 Å². The van der Waals surface area contributed by atoms with E-state index < -0.39 is 5.82 Å². The number of nitrogens with two attached hydrogens (primary N) is 1. The number of anilines is 1. The monoisotopic (exact) mass is 226 g/mol. The summed E-state index contributed by atoms with van der Waals surface area (Å²) in [4.78, 5) is 3.96. The van der Waals surface area contributed by atoms with Crippen LogP contribution in [0.3, 0.4) is 0 Å². The average Bonchev–Trinajstić information content (AvgIpc) is 2.51. The predicted molar refractivity (Wildman–Crippen MR) is 55.8 cm³/mol. The molecule has 0 saturated carbocycles. The molecule has 0 saturated heterocycles. The second-order valence-electron chi connectivity index (χ2n) is 3.02. The largest absolute Gasteiger partial charge is 0.368 e. The first-order valence-electron chi connectivity index (χ1n) is 4.20. The van der Waals surface area contributed by atoms with Crippen LogP contribution in [0.5, 0.6) is 0 Å². The van der Waals surface area contributed by atoms with E-state index in [0.717, 1.165) is 0 Å². The average molecular weight is 227 g/mol. The van der Waals surface area contributed by atoms with Gasteiger partial charge in [-0.05, 0) is 12.1 Å². The Hall–Kier alpha value is -1.62. The molecule has 0 atom stereocenters. The van der Waals surface area contributed by atoms with E-state index in [9.17, 15) is 4.39 Å². The predicted octanol–water partition coefficient (Wildman–Crippen LogP) is 1.86. The molecule has 0 aliphatic rings. The Labute approximate surface area is 90.5 Å². The summed E-state index contributed by atoms with van der Waals surface area (Å²) in [7, 11) is 1.65. The van der Waals surface area contributed by atoms with Crippen LogP contribution < -0.4 is 5.73 Å². The molecule has 4 nitrogen and oxygen atoms in total. The number of nitrogens with zero attached hydrogens (tertiary/aromatic N) is 3. The Bertz CT molecular complexity index is 489. The third-order valence-electron chi connectivity index (χ3n) is 1.99. The molecule has 0 bridgehead atoms. The molecule has 0 radical (unpaired) electrons. The van der Waals surface area contributed by atoms with Crippen LogP contribution in [-0.4, -0.2) is 14.8 Å². The lowest BCUT2D eigenvalue weighted by molar-refractivity contribution is 0.628. The summed E-state index contributed by atoms with van der Waals surface area (Å²) >= 11 is 5.78. The summed E-state index contributed by atoms with van der Waals surface area (Å²) in [5.41, 5.74) is 5.95. The fraction of sp³-hybridized carbons (Fsp3) is 0.111. The topological polar surface area (TPSA) is 56.7 Å². The van der Waals surface area contributed by atoms with Crippen molar-refractivity contribution in [2.24, 2.45) is 7.05 Å². The minimum atomic E-state index is -0.500. The van der Waals surface area contributed by atoms with Crippen LogP contribution in [0.25, 0.3) is 11.4 Å². The summed E-state index contributed by atoms with van der Waals surface area (Å²) in [5, 5.41) is 4.01. The Balaban J connectivity index is 2.59. The van der Waals surface area contributed by atoms with Crippen LogP contribution in [-0.2, 0) is 7.05 Å². The third-order valence-corrected chi connectivity index (χ3v) is 2.37. The van der Waals surface area contributed by atoms with Crippen molar-refractivity contribution in [2.75, 3.05) is 5.73 Å². The van der Waals surface area contributed by atoms with Crippen molar-refractivity contribution in [3.05, 3.63) is 29.0 Å². The Morgan fingerprint density at radius 2 is 2.20 bits per heavy atom. The van der Waals surface area contributed by atoms with Crippen molar-refractivity contribution in [3.8, 4) is 11.4 Å². The zero-order valence-electron chi connectivity index (χ0n) is 7.91. The Morgan fingerprint density at radius 1 is 1.47 bits per heavy atom. The molecule has 0 amide bonds. The molecule has 1 heterocycles. The maximum atomic E-state index is 13.1. The van der Waals surface area contributed by atoms with Gasteiger partial charge in [0.15, 0.2) is 5.82 Å². The Kier molecular flexibility index (Phi) is 2.32. The van der Waals surface area contributed by atoms with E-state index >= 15 is 0 Å². The maximum absolute atomic E-state index is 13.1. The van der Waals surface area contributed by atoms with E-state index in [1.54, 1.807) is 19.2 Å². The highest BCUT2D eigenvalue weighted by molar-refractivity contribution is 6.33. The van der Waals surface area contributed by atoms with Crippen LogP contribution in [0, 0.1) is 5.82 Å². The lowest BCUT2D eigenvalue weighted by Gasteiger charge is -1.99. The van der Waals surface area contributed by atoms with Crippen molar-refractivity contribution in [2.45, 2.75) is 0 Å². The summed E-state index contributed by atoms with van der Waals surface area (Å²) in [6, 6.07) is 4.46. The molecule has 15 heavy (non-hydrogen) atoms. The number of hydrogen-bond donors (Lipinski definition) is 1. The fourth-order valence-electron chi connectivity index (χ4n) is 1.19. The number of rotatable bonds is 1. The SMILES string of the molecule is Cn1nc(-c2cccc(F)c2Cl)nc1N. The van der Waals surface area contributed by atoms with Crippen LogP contribution in [0.4, 0.5) is 10.3 Å². The molecule has 2 aromatic rings. The minimum Gasteiger partial charge on any atom is -0.368 e. The maximum Gasteiger partial charge on any atom is 0.218 e. The van der Waals surface area contributed by atoms with E-state index in [0.29, 0.717) is 11.4 Å². The zero-order chi connectivity index (χ0) is 11.0. The molecule has 1 aromatic carbocycles. The molecule has 0 unspecified atom stereocenters. The normalized spacial score (nSPS) is 10.6. The highest BCUT2D eigenvalue weighted by Crippen LogP contribution is 2.27. The first-order chi connectivity index (χ1) is 7.09. The van der Waals surface area contributed by atoms with Gasteiger partial charge in [0.1, 0.15) is 5.82 Å². The summed E-state index contributed by atoms with van der Waals surface area (Å²) in [6.07, 6.45) is 0. The second-order valence-corrected chi connectivity index (χ2v) is 3.40. The first kappa shape index (κ1) is 9.92. The van der Waals surface area contributed by atoms with Gasteiger partial charge in [-0.15, -0.1) is 5.10 Å². The van der Waals surface area contributed by atoms with Crippen LogP contribution in [0.15, 0.2) is 18.2 Å². The number of hydrogen-bond acceptors (Lipinski definition) is 3. The van der Waals surface area contributed by atoms with Crippen molar-refractivity contribution < 1.29 is 4.39 Å². The van der Waals surface area contributed by atoms with Gasteiger partial charge in [0.25, 0.3) is 0 Å². The molecular weight excluding hydrogens is 219 g/mol. The number of benzene rings is 1. The molecule has 2 rings (SSSR count). The van der Waals surface area contributed by atoms with Gasteiger partial charge in [-0.2, -0.15) is 4.98 Å². The lowest BCUT2D eigenvalue weighted by Crippen LogP contribution is -1.97. The molecule has 0 spiro atoms. The first-order valence-corrected chi connectivity index (χ1v) is 4.58. The van der Waals surface area contributed by atoms with Crippen LogP contribution in [0.2, 0.25) is 5.02 Å². The van der Waals surface area contributed by atoms with Crippen LogP contribution in [0.1, 0.15) is 0 Å². The van der Waals surface area contributed by atoms with Crippen molar-refractivity contribution >= 4 is 17.5 Å². The van der Waals surface area contributed by atoms with E-state index in [-0.39, 0.29) is 11.0 Å². The second kappa shape index (κ2) is 3.51. The molecule has 0 aliphatic carbocycles. The molecule has 6 heteroatoms. The van der Waals surface area contributed by atoms with Crippen molar-refractivity contribution in [3.63, 3.8) is 0 Å². The van der Waals surface area contributed by atoms with Crippen LogP contribution >= 0.6 is 11.6 Å². The molecule has 0 aliphatic heterocycles. The van der Waals surface area contributed by atoms with Gasteiger partial charge in [-0.25, -0.2) is 9.07 Å². The van der Waals surface area contributed by atoms with Gasteiger partial charge < -0.3 is 5.73 Å². The molecule has 78 valence electrons. The summed E-state index contributed by atoms with van der Waals surface area (Å²) in [6.45, 7) is 0. The fourth-order valence-corrected chi connectivity index (χ4v) is 1.40. The standard InChI is InChI=1S/C9H8ClFN4/c1-15-9(12)13-8(14-15)5-3-2-4-6(11)7(5)10/h2-4H,1H3,(H2,12,13,14). The minimum absolute atomic E-state index is 0.00287. The molecule has 0 fully saturated rings. The summed E-state index contributed by atoms with van der Waals surface area (Å²) < 4.78 is 14.5. The van der Waals surface area contributed by atoms with Gasteiger partial charge >= 0.3 is 0 Å². The smallest absolute Gasteiger partial charge is 0.218 e. The number of aryl methyl sites for hydroxylation is 1. The summed E-state index contributed by atoms with van der Waals surface area (Å²) in [5.74, 6) is 0.0741. The highest BCUT2D eigenvalue weighted by Gasteiger charge is 2.12. The third kappa shape index (κ3) is 1.66. The molecule has 1 aromatic heterocycles. The van der Waals surface area contributed by atoms with Gasteiger partial charge in [0.05, 0.1) is 5.02 Å². The molecule has 2 N–H and O–H groups in total. The zero-order valence-corrected chi connectivity index (χ0v) is 8.66. The van der Waals surface area contributed by atoms with Crippen molar-refractivity contribution in [1.82, 2.24) is 14.8 Å². The van der Waals surface area contributed by atoms with E-state index in [1.807, 2.05) is 0 Å². The van der Waals surface area contributed by atoms with E-state index in [2.05, 4.69) is 10.1 Å². The van der Waals surface area contributed by atoms with E-state index in [1.165, 1.54) is 10.7 Å².